The Morgan fingerprint density at radius 3 is 2.55 bits per heavy atom. The first-order valence-corrected chi connectivity index (χ1v) is 5.93. The molecule has 5 heteroatoms. The first kappa shape index (κ1) is 13.4. The Morgan fingerprint density at radius 1 is 1.25 bits per heavy atom. The van der Waals surface area contributed by atoms with Crippen LogP contribution in [0.5, 0.6) is 0 Å². The van der Waals surface area contributed by atoms with Gasteiger partial charge in [-0.1, -0.05) is 30.3 Å². The minimum atomic E-state index is -0.0632. The lowest BCUT2D eigenvalue weighted by Crippen LogP contribution is -1.99. The van der Waals surface area contributed by atoms with E-state index in [9.17, 15) is 0 Å². The molecule has 1 aromatic carbocycles. The summed E-state index contributed by atoms with van der Waals surface area (Å²) >= 11 is 0. The fourth-order valence-corrected chi connectivity index (χ4v) is 1.83. The molecule has 0 spiro atoms. The molecule has 98 valence electrons. The largest absolute Gasteiger partial charge is 0.494 e. The minimum absolute atomic E-state index is 0.0632. The molecule has 0 saturated heterocycles. The van der Waals surface area contributed by atoms with Gasteiger partial charge < -0.3 is 4.74 Å². The van der Waals surface area contributed by atoms with E-state index in [1.807, 2.05) is 42.5 Å². The summed E-state index contributed by atoms with van der Waals surface area (Å²) < 4.78 is 6.86. The fraction of sp³-hybridized carbons (Fsp3) is 0.133. The van der Waals surface area contributed by atoms with Crippen molar-refractivity contribution in [3.8, 4) is 12.1 Å². The number of ether oxygens (including phenoxy) is 1. The number of allylic oxidation sites excluding steroid dienone is 1. The van der Waals surface area contributed by atoms with E-state index >= 15 is 0 Å². The quantitative estimate of drug-likeness (QED) is 0.627. The zero-order valence-corrected chi connectivity index (χ0v) is 10.9. The van der Waals surface area contributed by atoms with Crippen LogP contribution >= 0.6 is 0 Å². The topological polar surface area (TPSA) is 74.6 Å². The molecule has 1 aromatic heterocycles. The maximum Gasteiger partial charge on any atom is 0.172 e. The molecule has 0 fully saturated rings. The first-order chi connectivity index (χ1) is 9.78. The summed E-state index contributed by atoms with van der Waals surface area (Å²) in [6, 6.07) is 13.5. The number of nitriles is 2. The lowest BCUT2D eigenvalue weighted by Gasteiger charge is -2.03. The third-order valence-electron chi connectivity index (χ3n) is 2.74. The van der Waals surface area contributed by atoms with Gasteiger partial charge in [-0.15, -0.1) is 0 Å². The summed E-state index contributed by atoms with van der Waals surface area (Å²) in [6.45, 7) is 0.617. The van der Waals surface area contributed by atoms with Gasteiger partial charge in [0.25, 0.3) is 0 Å². The molecular formula is C15H12N4O. The molecule has 20 heavy (non-hydrogen) atoms. The van der Waals surface area contributed by atoms with Crippen molar-refractivity contribution >= 4 is 5.76 Å². The van der Waals surface area contributed by atoms with E-state index in [1.165, 1.54) is 7.11 Å². The maximum atomic E-state index is 8.89. The average Bonchev–Trinajstić information content (AvgIpc) is 2.93. The SMILES string of the molecule is COC(=C(C#N)C#N)c1cnn(Cc2ccccc2)c1. The predicted molar refractivity (Wildman–Crippen MR) is 72.9 cm³/mol. The molecule has 0 unspecified atom stereocenters. The summed E-state index contributed by atoms with van der Waals surface area (Å²) in [4.78, 5) is 0. The van der Waals surface area contributed by atoms with Gasteiger partial charge in [0.2, 0.25) is 0 Å². The second-order valence-corrected chi connectivity index (χ2v) is 4.04. The van der Waals surface area contributed by atoms with Gasteiger partial charge in [0.1, 0.15) is 12.1 Å². The van der Waals surface area contributed by atoms with Gasteiger partial charge in [0.05, 0.1) is 25.4 Å². The lowest BCUT2D eigenvalue weighted by atomic mass is 10.2. The molecule has 0 aliphatic rings. The third kappa shape index (κ3) is 2.85. The Bertz CT molecular complexity index is 685. The van der Waals surface area contributed by atoms with E-state index < -0.39 is 0 Å². The molecule has 5 nitrogen and oxygen atoms in total. The van der Waals surface area contributed by atoms with Gasteiger partial charge in [-0.25, -0.2) is 0 Å². The highest BCUT2D eigenvalue weighted by Crippen LogP contribution is 2.18. The summed E-state index contributed by atoms with van der Waals surface area (Å²) in [7, 11) is 1.43. The van der Waals surface area contributed by atoms with Crippen LogP contribution in [0.2, 0.25) is 0 Å². The maximum absolute atomic E-state index is 8.89. The molecule has 0 aliphatic heterocycles. The third-order valence-corrected chi connectivity index (χ3v) is 2.74. The molecular weight excluding hydrogens is 252 g/mol. The summed E-state index contributed by atoms with van der Waals surface area (Å²) in [5, 5.41) is 22.0. The summed E-state index contributed by atoms with van der Waals surface area (Å²) in [5.41, 5.74) is 1.67. The van der Waals surface area contributed by atoms with Crippen molar-refractivity contribution in [1.82, 2.24) is 9.78 Å². The number of methoxy groups -OCH3 is 1. The van der Waals surface area contributed by atoms with Crippen LogP contribution in [-0.2, 0) is 11.3 Å². The van der Waals surface area contributed by atoms with Gasteiger partial charge >= 0.3 is 0 Å². The van der Waals surface area contributed by atoms with Gasteiger partial charge in [-0.05, 0) is 5.56 Å². The summed E-state index contributed by atoms with van der Waals surface area (Å²) in [6.07, 6.45) is 3.33. The number of nitrogens with zero attached hydrogens (tertiary/aromatic N) is 4. The van der Waals surface area contributed by atoms with Crippen LogP contribution in [0.15, 0.2) is 48.3 Å². The lowest BCUT2D eigenvalue weighted by molar-refractivity contribution is 0.369. The van der Waals surface area contributed by atoms with E-state index in [0.29, 0.717) is 12.1 Å². The molecule has 2 aromatic rings. The normalized spacial score (nSPS) is 9.35. The van der Waals surface area contributed by atoms with Crippen molar-refractivity contribution < 1.29 is 4.74 Å². The average molecular weight is 264 g/mol. The van der Waals surface area contributed by atoms with Crippen molar-refractivity contribution in [3.63, 3.8) is 0 Å². The molecule has 0 saturated carbocycles. The Balaban J connectivity index is 2.28. The number of hydrogen-bond acceptors (Lipinski definition) is 4. The molecule has 2 rings (SSSR count). The van der Waals surface area contributed by atoms with Crippen LogP contribution in [0, 0.1) is 22.7 Å². The van der Waals surface area contributed by atoms with Crippen LogP contribution in [0.1, 0.15) is 11.1 Å². The van der Waals surface area contributed by atoms with E-state index in [0.717, 1.165) is 5.56 Å². The highest BCUT2D eigenvalue weighted by atomic mass is 16.5. The van der Waals surface area contributed by atoms with E-state index in [1.54, 1.807) is 17.1 Å². The highest BCUT2D eigenvalue weighted by molar-refractivity contribution is 5.69. The van der Waals surface area contributed by atoms with Gasteiger partial charge in [0.15, 0.2) is 11.3 Å². The molecule has 0 radical (unpaired) electrons. The first-order valence-electron chi connectivity index (χ1n) is 5.93. The number of aromatic nitrogens is 2. The highest BCUT2D eigenvalue weighted by Gasteiger charge is 2.12. The molecule has 0 N–H and O–H groups in total. The van der Waals surface area contributed by atoms with Crippen LogP contribution in [0.3, 0.4) is 0 Å². The summed E-state index contributed by atoms with van der Waals surface area (Å²) in [5.74, 6) is 0.245. The number of benzene rings is 1. The van der Waals surface area contributed by atoms with Gasteiger partial charge in [-0.3, -0.25) is 4.68 Å². The molecule has 0 aliphatic carbocycles. The van der Waals surface area contributed by atoms with Gasteiger partial charge in [-0.2, -0.15) is 15.6 Å². The molecule has 1 heterocycles. The van der Waals surface area contributed by atoms with Crippen LogP contribution in [0.25, 0.3) is 5.76 Å². The second kappa shape index (κ2) is 6.21. The van der Waals surface area contributed by atoms with Crippen molar-refractivity contribution in [2.75, 3.05) is 7.11 Å². The standard InChI is InChI=1S/C15H12N4O/c1-20-15(13(7-16)8-17)14-9-18-19(11-14)10-12-5-3-2-4-6-12/h2-6,9,11H,10H2,1H3. The zero-order valence-electron chi connectivity index (χ0n) is 10.9. The number of rotatable bonds is 4. The monoisotopic (exact) mass is 264 g/mol. The smallest absolute Gasteiger partial charge is 0.172 e. The molecule has 0 atom stereocenters. The Morgan fingerprint density at radius 2 is 1.95 bits per heavy atom. The molecule has 0 bridgehead atoms. The van der Waals surface area contributed by atoms with Crippen molar-refractivity contribution in [1.29, 1.82) is 10.5 Å². The fourth-order valence-electron chi connectivity index (χ4n) is 1.83. The van der Waals surface area contributed by atoms with Crippen molar-refractivity contribution in [3.05, 3.63) is 59.4 Å². The second-order valence-electron chi connectivity index (χ2n) is 4.04. The molecule has 0 amide bonds. The Labute approximate surface area is 116 Å². The predicted octanol–water partition coefficient (Wildman–Crippen LogP) is 2.34. The van der Waals surface area contributed by atoms with Crippen molar-refractivity contribution in [2.24, 2.45) is 0 Å². The minimum Gasteiger partial charge on any atom is -0.494 e. The zero-order chi connectivity index (χ0) is 14.4. The van der Waals surface area contributed by atoms with Crippen LogP contribution in [-0.4, -0.2) is 16.9 Å². The van der Waals surface area contributed by atoms with E-state index in [4.69, 9.17) is 15.3 Å². The van der Waals surface area contributed by atoms with Crippen molar-refractivity contribution in [2.45, 2.75) is 6.54 Å². The van der Waals surface area contributed by atoms with E-state index in [-0.39, 0.29) is 11.3 Å². The Kier molecular flexibility index (Phi) is 4.16. The van der Waals surface area contributed by atoms with Crippen LogP contribution in [0.4, 0.5) is 0 Å². The van der Waals surface area contributed by atoms with Gasteiger partial charge in [0, 0.05) is 6.20 Å². The Hall–Kier alpha value is -3.05. The van der Waals surface area contributed by atoms with E-state index in [2.05, 4.69) is 5.10 Å². The van der Waals surface area contributed by atoms with Crippen LogP contribution < -0.4 is 0 Å². The number of hydrogen-bond donors (Lipinski definition) is 0.